The van der Waals surface area contributed by atoms with Crippen molar-refractivity contribution in [2.24, 2.45) is 0 Å². The molecule has 0 rings (SSSR count). The molecule has 13 heavy (non-hydrogen) atoms. The van der Waals surface area contributed by atoms with Crippen LogP contribution in [0.15, 0.2) is 0 Å². The zero-order valence-corrected chi connectivity index (χ0v) is 6.79. The highest BCUT2D eigenvalue weighted by Gasteiger charge is 2.28. The molecule has 0 aliphatic carbocycles. The van der Waals surface area contributed by atoms with Crippen molar-refractivity contribution < 1.29 is 35.8 Å². The van der Waals surface area contributed by atoms with Gasteiger partial charge in [0, 0.05) is 0 Å². The summed E-state index contributed by atoms with van der Waals surface area (Å²) in [5.74, 6) is -1.00. The molecule has 0 aromatic heterocycles. The molecule has 0 aliphatic heterocycles. The Balaban J connectivity index is 0. The van der Waals surface area contributed by atoms with E-state index in [-0.39, 0.29) is 5.48 Å². The largest absolute Gasteiger partial charge is 0.412 e. The molecule has 0 aromatic rings. The van der Waals surface area contributed by atoms with Crippen LogP contribution < -0.4 is 0 Å². The monoisotopic (exact) mass is 198 g/mol. The lowest BCUT2D eigenvalue weighted by Crippen LogP contribution is -2.44. The van der Waals surface area contributed by atoms with Crippen LogP contribution in [0.3, 0.4) is 0 Å². The van der Waals surface area contributed by atoms with Gasteiger partial charge in [-0.25, -0.2) is 0 Å². The van der Waals surface area contributed by atoms with Gasteiger partial charge in [-0.1, -0.05) is 0 Å². The van der Waals surface area contributed by atoms with Crippen molar-refractivity contribution in [3.05, 3.63) is 0 Å². The molecule has 7 nitrogen and oxygen atoms in total. The van der Waals surface area contributed by atoms with E-state index < -0.39 is 37.3 Å². The fourth-order valence-corrected chi connectivity index (χ4v) is 0.602. The van der Waals surface area contributed by atoms with E-state index in [9.17, 15) is 4.79 Å². The second-order valence-electron chi connectivity index (χ2n) is 2.31. The zero-order valence-electron chi connectivity index (χ0n) is 6.79. The number of hydrogen-bond donors (Lipinski definition) is 5. The number of hydrogen-bond acceptors (Lipinski definition) is 6. The number of carbonyl (C=O) groups is 1. The van der Waals surface area contributed by atoms with Crippen LogP contribution in [0.25, 0.3) is 0 Å². The fraction of sp³-hybridized carbons (Fsp3) is 0.833. The molecule has 3 atom stereocenters. The third-order valence-electron chi connectivity index (χ3n) is 1.39. The van der Waals surface area contributed by atoms with Crippen molar-refractivity contribution in [2.75, 3.05) is 13.2 Å². The molecule has 0 aliphatic rings. The first-order valence-electron chi connectivity index (χ1n) is 3.33. The molecule has 0 heterocycles. The van der Waals surface area contributed by atoms with E-state index in [1.54, 1.807) is 0 Å². The van der Waals surface area contributed by atoms with Crippen molar-refractivity contribution >= 4 is 5.78 Å². The number of Topliss-reactive ketones (excluding diaryl/α,β-unsaturated/α-hetero) is 1. The van der Waals surface area contributed by atoms with E-state index in [0.717, 1.165) is 0 Å². The highest BCUT2D eigenvalue weighted by Crippen LogP contribution is 2.00. The molecule has 0 bridgehead atoms. The first-order valence-corrected chi connectivity index (χ1v) is 3.33. The lowest BCUT2D eigenvalue weighted by molar-refractivity contribution is -0.142. The van der Waals surface area contributed by atoms with Crippen molar-refractivity contribution in [1.82, 2.24) is 0 Å². The Morgan fingerprint density at radius 1 is 1.15 bits per heavy atom. The summed E-state index contributed by atoms with van der Waals surface area (Å²) in [6, 6.07) is 0. The summed E-state index contributed by atoms with van der Waals surface area (Å²) in [4.78, 5) is 10.5. The average Bonchev–Trinajstić information content (AvgIpc) is 2.12. The van der Waals surface area contributed by atoms with Gasteiger partial charge in [0.2, 0.25) is 0 Å². The third-order valence-corrected chi connectivity index (χ3v) is 1.39. The van der Waals surface area contributed by atoms with Crippen molar-refractivity contribution in [3.63, 3.8) is 0 Å². The molecule has 0 saturated carbocycles. The minimum absolute atomic E-state index is 0. The Morgan fingerprint density at radius 3 is 1.92 bits per heavy atom. The van der Waals surface area contributed by atoms with Gasteiger partial charge < -0.3 is 31.0 Å². The van der Waals surface area contributed by atoms with Gasteiger partial charge in [-0.05, 0) is 0 Å². The Hall–Kier alpha value is -0.570. The molecule has 0 spiro atoms. The molecular formula is C6H14O7. The Labute approximate surface area is 74.2 Å². The first-order chi connectivity index (χ1) is 5.54. The second kappa shape index (κ2) is 6.89. The Bertz CT molecular complexity index is 148. The van der Waals surface area contributed by atoms with Gasteiger partial charge in [0.25, 0.3) is 0 Å². The molecule has 0 aromatic carbocycles. The molecule has 0 radical (unpaired) electrons. The highest BCUT2D eigenvalue weighted by molar-refractivity contribution is 5.84. The van der Waals surface area contributed by atoms with Gasteiger partial charge in [-0.2, -0.15) is 0 Å². The van der Waals surface area contributed by atoms with Gasteiger partial charge in [-0.3, -0.25) is 4.79 Å². The van der Waals surface area contributed by atoms with Gasteiger partial charge in [0.05, 0.1) is 6.61 Å². The highest BCUT2D eigenvalue weighted by atomic mass is 16.4. The number of carbonyl (C=O) groups excluding carboxylic acids is 1. The predicted octanol–water partition coefficient (Wildman–Crippen LogP) is -4.20. The van der Waals surface area contributed by atoms with E-state index in [1.165, 1.54) is 0 Å². The topological polar surface area (TPSA) is 150 Å². The zero-order chi connectivity index (χ0) is 9.72. The molecule has 80 valence electrons. The maximum absolute atomic E-state index is 10.5. The molecule has 0 amide bonds. The molecule has 0 fully saturated rings. The maximum Gasteiger partial charge on any atom is 0.189 e. The van der Waals surface area contributed by atoms with Crippen LogP contribution in [0.2, 0.25) is 0 Å². The van der Waals surface area contributed by atoms with Crippen LogP contribution in [-0.2, 0) is 4.79 Å². The summed E-state index contributed by atoms with van der Waals surface area (Å²) in [6.45, 7) is -1.69. The van der Waals surface area contributed by atoms with Crippen LogP contribution in [0, 0.1) is 0 Å². The molecule has 0 saturated heterocycles. The predicted molar refractivity (Wildman–Crippen MR) is 40.8 cm³/mol. The quantitative estimate of drug-likeness (QED) is 0.302. The average molecular weight is 198 g/mol. The third kappa shape index (κ3) is 4.27. The SMILES string of the molecule is O.O=C(CO)[C@@H](O)[C@@H](O)[C@@H](O)CO. The summed E-state index contributed by atoms with van der Waals surface area (Å²) < 4.78 is 0. The number of rotatable bonds is 5. The van der Waals surface area contributed by atoms with E-state index in [4.69, 9.17) is 25.5 Å². The summed E-state index contributed by atoms with van der Waals surface area (Å²) in [5.41, 5.74) is 0. The summed E-state index contributed by atoms with van der Waals surface area (Å²) >= 11 is 0. The van der Waals surface area contributed by atoms with Gasteiger partial charge in [0.1, 0.15) is 24.9 Å². The molecule has 7 heteroatoms. The summed E-state index contributed by atoms with van der Waals surface area (Å²) in [6.07, 6.45) is -5.22. The first kappa shape index (κ1) is 14.9. The molecular weight excluding hydrogens is 184 g/mol. The number of aliphatic hydroxyl groups excluding tert-OH is 5. The maximum atomic E-state index is 10.5. The Morgan fingerprint density at radius 2 is 1.62 bits per heavy atom. The normalized spacial score (nSPS) is 17.0. The van der Waals surface area contributed by atoms with Crippen LogP contribution >= 0.6 is 0 Å². The molecule has 7 N–H and O–H groups in total. The smallest absolute Gasteiger partial charge is 0.189 e. The van der Waals surface area contributed by atoms with Crippen LogP contribution in [0.4, 0.5) is 0 Å². The summed E-state index contributed by atoms with van der Waals surface area (Å²) in [7, 11) is 0. The van der Waals surface area contributed by atoms with Gasteiger partial charge >= 0.3 is 0 Å². The Kier molecular flexibility index (Phi) is 7.92. The minimum atomic E-state index is -1.86. The lowest BCUT2D eigenvalue weighted by atomic mass is 10.1. The van der Waals surface area contributed by atoms with E-state index in [1.807, 2.05) is 0 Å². The lowest BCUT2D eigenvalue weighted by Gasteiger charge is -2.19. The summed E-state index contributed by atoms with van der Waals surface area (Å²) in [5, 5.41) is 43.1. The van der Waals surface area contributed by atoms with Crippen molar-refractivity contribution in [2.45, 2.75) is 18.3 Å². The van der Waals surface area contributed by atoms with Crippen LogP contribution in [-0.4, -0.2) is 68.3 Å². The van der Waals surface area contributed by atoms with E-state index in [0.29, 0.717) is 0 Å². The number of aliphatic hydroxyl groups is 5. The molecule has 0 unspecified atom stereocenters. The number of ketones is 1. The van der Waals surface area contributed by atoms with Crippen LogP contribution in [0.5, 0.6) is 0 Å². The second-order valence-corrected chi connectivity index (χ2v) is 2.31. The van der Waals surface area contributed by atoms with Crippen molar-refractivity contribution in [3.8, 4) is 0 Å². The minimum Gasteiger partial charge on any atom is -0.412 e. The van der Waals surface area contributed by atoms with Crippen molar-refractivity contribution in [1.29, 1.82) is 0 Å². The standard InChI is InChI=1S/C6H12O6.H2O/c7-1-3(9)5(11)6(12)4(10)2-8;/h3,5-9,11-12H,1-2H2;1H2/t3-,5-,6+;/m0./s1. The van der Waals surface area contributed by atoms with Gasteiger partial charge in [0.15, 0.2) is 5.78 Å². The van der Waals surface area contributed by atoms with Crippen LogP contribution in [0.1, 0.15) is 0 Å². The fourth-order valence-electron chi connectivity index (χ4n) is 0.602. The van der Waals surface area contributed by atoms with Gasteiger partial charge in [-0.15, -0.1) is 0 Å². The van der Waals surface area contributed by atoms with E-state index in [2.05, 4.69) is 0 Å². The van der Waals surface area contributed by atoms with E-state index >= 15 is 0 Å².